The first-order valence-electron chi connectivity index (χ1n) is 6.78. The number of piperidine rings is 1. The first kappa shape index (κ1) is 12.4. The Bertz CT molecular complexity index is 351. The van der Waals surface area contributed by atoms with E-state index in [2.05, 4.69) is 43.4 Å². The molecule has 0 aromatic heterocycles. The van der Waals surface area contributed by atoms with Gasteiger partial charge in [0.1, 0.15) is 5.75 Å². The van der Waals surface area contributed by atoms with Gasteiger partial charge in [0.05, 0.1) is 6.61 Å². The van der Waals surface area contributed by atoms with Crippen LogP contribution in [0.1, 0.15) is 44.7 Å². The van der Waals surface area contributed by atoms with Gasteiger partial charge in [-0.3, -0.25) is 0 Å². The van der Waals surface area contributed by atoms with E-state index in [1.165, 1.54) is 18.4 Å². The zero-order valence-corrected chi connectivity index (χ0v) is 10.9. The maximum absolute atomic E-state index is 5.85. The van der Waals surface area contributed by atoms with Crippen molar-refractivity contribution in [2.45, 2.75) is 39.2 Å². The van der Waals surface area contributed by atoms with Gasteiger partial charge in [0.2, 0.25) is 0 Å². The third kappa shape index (κ3) is 3.01. The molecule has 1 N–H and O–H groups in total. The largest absolute Gasteiger partial charge is 0.493 e. The van der Waals surface area contributed by atoms with Crippen molar-refractivity contribution < 1.29 is 4.74 Å². The second-order valence-electron chi connectivity index (χ2n) is 4.94. The number of benzene rings is 1. The van der Waals surface area contributed by atoms with Gasteiger partial charge in [-0.1, -0.05) is 32.0 Å². The van der Waals surface area contributed by atoms with Crippen molar-refractivity contribution in [1.29, 1.82) is 0 Å². The van der Waals surface area contributed by atoms with Gasteiger partial charge in [-0.25, -0.2) is 0 Å². The number of hydrogen-bond acceptors (Lipinski definition) is 2. The van der Waals surface area contributed by atoms with Crippen molar-refractivity contribution in [2.75, 3.05) is 13.2 Å². The van der Waals surface area contributed by atoms with Crippen molar-refractivity contribution in [1.82, 2.24) is 5.32 Å². The topological polar surface area (TPSA) is 21.3 Å². The minimum atomic E-state index is 0.455. The van der Waals surface area contributed by atoms with Crippen LogP contribution in [0, 0.1) is 5.92 Å². The second kappa shape index (κ2) is 6.06. The highest BCUT2D eigenvalue weighted by Gasteiger charge is 2.24. The average molecular weight is 233 g/mol. The van der Waals surface area contributed by atoms with E-state index in [4.69, 9.17) is 4.74 Å². The number of ether oxygens (including phenoxy) is 1. The van der Waals surface area contributed by atoms with Crippen molar-refractivity contribution >= 4 is 0 Å². The summed E-state index contributed by atoms with van der Waals surface area (Å²) in [6.45, 7) is 6.40. The molecule has 1 aromatic rings. The molecular weight excluding hydrogens is 210 g/mol. The molecule has 1 aromatic carbocycles. The van der Waals surface area contributed by atoms with Crippen molar-refractivity contribution in [3.8, 4) is 5.75 Å². The first-order valence-corrected chi connectivity index (χ1v) is 6.78. The van der Waals surface area contributed by atoms with Crippen LogP contribution in [-0.2, 0) is 0 Å². The Morgan fingerprint density at radius 3 is 2.94 bits per heavy atom. The Balaban J connectivity index is 2.17. The fraction of sp³-hybridized carbons (Fsp3) is 0.600. The summed E-state index contributed by atoms with van der Waals surface area (Å²) < 4.78 is 5.85. The van der Waals surface area contributed by atoms with E-state index in [0.717, 1.165) is 25.3 Å². The molecule has 1 fully saturated rings. The Morgan fingerprint density at radius 2 is 2.18 bits per heavy atom. The molecule has 1 saturated heterocycles. The zero-order chi connectivity index (χ0) is 12.1. The highest BCUT2D eigenvalue weighted by molar-refractivity contribution is 5.36. The van der Waals surface area contributed by atoms with Crippen molar-refractivity contribution in [2.24, 2.45) is 5.92 Å². The number of hydrogen-bond donors (Lipinski definition) is 1. The van der Waals surface area contributed by atoms with Crippen molar-refractivity contribution in [3.05, 3.63) is 29.8 Å². The minimum Gasteiger partial charge on any atom is -0.493 e. The molecule has 0 radical (unpaired) electrons. The molecule has 0 aliphatic carbocycles. The molecule has 17 heavy (non-hydrogen) atoms. The molecular formula is C15H23NO. The van der Waals surface area contributed by atoms with Crippen LogP contribution >= 0.6 is 0 Å². The van der Waals surface area contributed by atoms with Gasteiger partial charge in [-0.15, -0.1) is 0 Å². The van der Waals surface area contributed by atoms with Gasteiger partial charge in [0.15, 0.2) is 0 Å². The fourth-order valence-electron chi connectivity index (χ4n) is 2.55. The molecule has 2 unspecified atom stereocenters. The fourth-order valence-corrected chi connectivity index (χ4v) is 2.55. The molecule has 0 amide bonds. The third-order valence-electron chi connectivity index (χ3n) is 3.49. The summed E-state index contributed by atoms with van der Waals surface area (Å²) in [7, 11) is 0. The molecule has 1 aliphatic rings. The lowest BCUT2D eigenvalue weighted by Crippen LogP contribution is -2.33. The van der Waals surface area contributed by atoms with Crippen molar-refractivity contribution in [3.63, 3.8) is 0 Å². The number of para-hydroxylation sites is 1. The lowest BCUT2D eigenvalue weighted by molar-refractivity contribution is 0.278. The molecule has 0 bridgehead atoms. The Hall–Kier alpha value is -1.02. The van der Waals surface area contributed by atoms with Crippen LogP contribution in [0.2, 0.25) is 0 Å². The van der Waals surface area contributed by atoms with Gasteiger partial charge in [0, 0.05) is 11.6 Å². The van der Waals surface area contributed by atoms with Gasteiger partial charge in [-0.2, -0.15) is 0 Å². The smallest absolute Gasteiger partial charge is 0.124 e. The SMILES string of the molecule is CCCOc1ccccc1C1NCCCC1C. The Kier molecular flexibility index (Phi) is 4.43. The van der Waals surface area contributed by atoms with E-state index in [9.17, 15) is 0 Å². The summed E-state index contributed by atoms with van der Waals surface area (Å²) in [6.07, 6.45) is 3.65. The highest BCUT2D eigenvalue weighted by atomic mass is 16.5. The average Bonchev–Trinajstić information content (AvgIpc) is 2.37. The summed E-state index contributed by atoms with van der Waals surface area (Å²) in [5.41, 5.74) is 1.33. The van der Waals surface area contributed by atoms with Gasteiger partial charge >= 0.3 is 0 Å². The molecule has 0 spiro atoms. The molecule has 2 atom stereocenters. The van der Waals surface area contributed by atoms with E-state index < -0.39 is 0 Å². The van der Waals surface area contributed by atoms with E-state index in [1.54, 1.807) is 0 Å². The lowest BCUT2D eigenvalue weighted by Gasteiger charge is -2.31. The molecule has 2 rings (SSSR count). The summed E-state index contributed by atoms with van der Waals surface area (Å²) in [6, 6.07) is 8.91. The van der Waals surface area contributed by atoms with Crippen LogP contribution in [0.15, 0.2) is 24.3 Å². The van der Waals surface area contributed by atoms with Crippen LogP contribution in [0.4, 0.5) is 0 Å². The normalized spacial score (nSPS) is 24.6. The van der Waals surface area contributed by atoms with E-state index >= 15 is 0 Å². The Labute approximate surface area is 104 Å². The monoisotopic (exact) mass is 233 g/mol. The maximum atomic E-state index is 5.85. The lowest BCUT2D eigenvalue weighted by atomic mass is 9.87. The Morgan fingerprint density at radius 1 is 1.35 bits per heavy atom. The number of rotatable bonds is 4. The molecule has 1 aliphatic heterocycles. The summed E-state index contributed by atoms with van der Waals surface area (Å²) >= 11 is 0. The summed E-state index contributed by atoms with van der Waals surface area (Å²) in [5, 5.41) is 3.62. The molecule has 94 valence electrons. The van der Waals surface area contributed by atoms with E-state index in [-0.39, 0.29) is 0 Å². The molecule has 2 heteroatoms. The van der Waals surface area contributed by atoms with Gasteiger partial charge < -0.3 is 10.1 Å². The van der Waals surface area contributed by atoms with Crippen LogP contribution in [-0.4, -0.2) is 13.2 Å². The van der Waals surface area contributed by atoms with E-state index in [1.807, 2.05) is 0 Å². The molecule has 2 nitrogen and oxygen atoms in total. The zero-order valence-electron chi connectivity index (χ0n) is 10.9. The van der Waals surface area contributed by atoms with Crippen LogP contribution in [0.3, 0.4) is 0 Å². The highest BCUT2D eigenvalue weighted by Crippen LogP contribution is 2.34. The number of nitrogens with one attached hydrogen (secondary N) is 1. The quantitative estimate of drug-likeness (QED) is 0.859. The minimum absolute atomic E-state index is 0.455. The second-order valence-corrected chi connectivity index (χ2v) is 4.94. The molecule has 0 saturated carbocycles. The van der Waals surface area contributed by atoms with Gasteiger partial charge in [0.25, 0.3) is 0 Å². The van der Waals surface area contributed by atoms with Crippen LogP contribution in [0.5, 0.6) is 5.75 Å². The van der Waals surface area contributed by atoms with Crippen LogP contribution in [0.25, 0.3) is 0 Å². The van der Waals surface area contributed by atoms with Crippen LogP contribution < -0.4 is 10.1 Å². The third-order valence-corrected chi connectivity index (χ3v) is 3.49. The summed E-state index contributed by atoms with van der Waals surface area (Å²) in [4.78, 5) is 0. The maximum Gasteiger partial charge on any atom is 0.124 e. The van der Waals surface area contributed by atoms with E-state index in [0.29, 0.717) is 12.0 Å². The van der Waals surface area contributed by atoms with Gasteiger partial charge in [-0.05, 0) is 37.8 Å². The predicted molar refractivity (Wildman–Crippen MR) is 71.4 cm³/mol. The summed E-state index contributed by atoms with van der Waals surface area (Å²) in [5.74, 6) is 1.75. The first-order chi connectivity index (χ1) is 8.33. The molecule has 1 heterocycles. The standard InChI is InChI=1S/C15H23NO/c1-3-11-17-14-9-5-4-8-13(14)15-12(2)7-6-10-16-15/h4-5,8-9,12,15-16H,3,6-7,10-11H2,1-2H3. The predicted octanol–water partition coefficient (Wildman–Crippen LogP) is 3.54.